The molecule has 0 radical (unpaired) electrons. The largest absolute Gasteiger partial charge is 0.462 e. The molecule has 1 N–H and O–H groups in total. The van der Waals surface area contributed by atoms with Gasteiger partial charge in [0, 0.05) is 12.8 Å². The summed E-state index contributed by atoms with van der Waals surface area (Å²) >= 11 is 0. The molecule has 374 valence electrons. The van der Waals surface area contributed by atoms with Crippen molar-refractivity contribution >= 4 is 11.9 Å². The smallest absolute Gasteiger partial charge is 0.306 e. The second-order valence-corrected chi connectivity index (χ2v) is 18.3. The van der Waals surface area contributed by atoms with Crippen LogP contribution in [0.4, 0.5) is 0 Å². The zero-order chi connectivity index (χ0) is 47.0. The van der Waals surface area contributed by atoms with Gasteiger partial charge in [0.1, 0.15) is 6.61 Å². The van der Waals surface area contributed by atoms with Crippen molar-refractivity contribution in [2.75, 3.05) is 13.2 Å². The Kier molecular flexibility index (Phi) is 52.9. The van der Waals surface area contributed by atoms with Crippen molar-refractivity contribution in [3.05, 3.63) is 85.1 Å². The maximum Gasteiger partial charge on any atom is 0.306 e. The highest BCUT2D eigenvalue weighted by Crippen LogP contribution is 2.16. The predicted molar refractivity (Wildman–Crippen MR) is 283 cm³/mol. The number of unbranched alkanes of at least 4 members (excludes halogenated alkanes) is 28. The standard InChI is InChI=1S/C60H104O5/c1-3-5-7-9-11-13-15-17-19-21-22-23-24-25-26-27-28-29-30-31-32-33-34-35-36-37-38-39-41-43-45-47-49-51-53-55-60(63)65-58(56-61)57-64-59(62)54-52-50-48-46-44-42-40-20-18-16-14-12-10-8-6-4-2/h5,7,11,13,17,19,22-23,25-26,28-29,31-32,58,61H,3-4,6,8-10,12,14-16,18,20-21,24,27,30,33-57H2,1-2H3/b7-5-,13-11-,19-17-,23-22-,26-25-,29-28-,32-31-. The number of carbonyl (C=O) groups excluding carboxylic acids is 2. The summed E-state index contributed by atoms with van der Waals surface area (Å²) in [6.07, 6.45) is 76.9. The molecule has 1 atom stereocenters. The molecule has 0 rings (SSSR count). The molecule has 0 aromatic heterocycles. The summed E-state index contributed by atoms with van der Waals surface area (Å²) < 4.78 is 10.7. The zero-order valence-electron chi connectivity index (χ0n) is 42.7. The van der Waals surface area contributed by atoms with Gasteiger partial charge in [0.2, 0.25) is 0 Å². The van der Waals surface area contributed by atoms with Gasteiger partial charge in [-0.05, 0) is 70.6 Å². The van der Waals surface area contributed by atoms with Gasteiger partial charge in [0.25, 0.3) is 0 Å². The number of aliphatic hydroxyl groups is 1. The molecular formula is C60H104O5. The van der Waals surface area contributed by atoms with Crippen LogP contribution < -0.4 is 0 Å². The number of carbonyl (C=O) groups is 2. The van der Waals surface area contributed by atoms with Gasteiger partial charge in [0.05, 0.1) is 6.61 Å². The Hall–Kier alpha value is -2.92. The molecule has 0 saturated heterocycles. The average molecular weight is 905 g/mol. The van der Waals surface area contributed by atoms with Crippen molar-refractivity contribution in [1.82, 2.24) is 0 Å². The Labute approximate surface area is 403 Å². The fourth-order valence-corrected chi connectivity index (χ4v) is 7.83. The van der Waals surface area contributed by atoms with E-state index in [-0.39, 0.29) is 25.2 Å². The van der Waals surface area contributed by atoms with Gasteiger partial charge < -0.3 is 14.6 Å². The fourth-order valence-electron chi connectivity index (χ4n) is 7.83. The van der Waals surface area contributed by atoms with Gasteiger partial charge >= 0.3 is 11.9 Å². The third-order valence-electron chi connectivity index (χ3n) is 12.0. The van der Waals surface area contributed by atoms with Crippen molar-refractivity contribution in [1.29, 1.82) is 0 Å². The van der Waals surface area contributed by atoms with Crippen molar-refractivity contribution in [2.45, 2.75) is 270 Å². The van der Waals surface area contributed by atoms with Gasteiger partial charge in [-0.25, -0.2) is 0 Å². The quantitative estimate of drug-likeness (QED) is 0.0374. The number of rotatable bonds is 50. The van der Waals surface area contributed by atoms with E-state index >= 15 is 0 Å². The van der Waals surface area contributed by atoms with Crippen molar-refractivity contribution in [3.63, 3.8) is 0 Å². The molecule has 1 unspecified atom stereocenters. The maximum absolute atomic E-state index is 12.3. The van der Waals surface area contributed by atoms with E-state index in [0.717, 1.165) is 83.5 Å². The van der Waals surface area contributed by atoms with Crippen LogP contribution >= 0.6 is 0 Å². The number of esters is 2. The first-order valence-corrected chi connectivity index (χ1v) is 27.6. The summed E-state index contributed by atoms with van der Waals surface area (Å²) in [6, 6.07) is 0. The number of allylic oxidation sites excluding steroid dienone is 14. The number of hydrogen-bond donors (Lipinski definition) is 1. The SMILES string of the molecule is CC/C=C\C/C=C\C/C=C\C/C=C\C/C=C\C/C=C\C/C=C\CCCCCCCCCCCCCCCC(=O)OC(CO)COC(=O)CCCCCCCCCCCCCCCCCC. The molecule has 0 spiro atoms. The van der Waals surface area contributed by atoms with Crippen LogP contribution in [0.5, 0.6) is 0 Å². The molecule has 65 heavy (non-hydrogen) atoms. The average Bonchev–Trinajstić information content (AvgIpc) is 3.31. The number of ether oxygens (including phenoxy) is 2. The number of aliphatic hydroxyl groups excluding tert-OH is 1. The van der Waals surface area contributed by atoms with Gasteiger partial charge in [-0.3, -0.25) is 9.59 Å². The van der Waals surface area contributed by atoms with E-state index in [1.165, 1.54) is 154 Å². The minimum atomic E-state index is -0.774. The Balaban J connectivity index is 3.50. The van der Waals surface area contributed by atoms with Crippen LogP contribution in [0.15, 0.2) is 85.1 Å². The van der Waals surface area contributed by atoms with Gasteiger partial charge in [-0.15, -0.1) is 0 Å². The van der Waals surface area contributed by atoms with Gasteiger partial charge in [-0.1, -0.05) is 266 Å². The summed E-state index contributed by atoms with van der Waals surface area (Å²) in [5, 5.41) is 9.63. The Morgan fingerprint density at radius 1 is 0.369 bits per heavy atom. The summed E-state index contributed by atoms with van der Waals surface area (Å²) in [7, 11) is 0. The molecule has 0 saturated carbocycles. The first-order chi connectivity index (χ1) is 32.1. The van der Waals surface area contributed by atoms with Crippen LogP contribution in [-0.2, 0) is 19.1 Å². The van der Waals surface area contributed by atoms with E-state index in [1.54, 1.807) is 0 Å². The van der Waals surface area contributed by atoms with Crippen LogP contribution in [0.1, 0.15) is 264 Å². The van der Waals surface area contributed by atoms with Gasteiger partial charge in [-0.2, -0.15) is 0 Å². The lowest BCUT2D eigenvalue weighted by Crippen LogP contribution is -2.28. The molecule has 0 aliphatic heterocycles. The molecule has 0 heterocycles. The minimum absolute atomic E-state index is 0.0651. The minimum Gasteiger partial charge on any atom is -0.462 e. The summed E-state index contributed by atoms with van der Waals surface area (Å²) in [6.45, 7) is 4.05. The molecule has 0 aliphatic carbocycles. The Morgan fingerprint density at radius 3 is 1.00 bits per heavy atom. The first-order valence-electron chi connectivity index (χ1n) is 27.6. The van der Waals surface area contributed by atoms with Gasteiger partial charge in [0.15, 0.2) is 6.10 Å². The lowest BCUT2D eigenvalue weighted by molar-refractivity contribution is -0.161. The summed E-state index contributed by atoms with van der Waals surface area (Å²) in [5.74, 6) is -0.584. The molecule has 0 aromatic carbocycles. The molecular weight excluding hydrogens is 801 g/mol. The van der Waals surface area contributed by atoms with Crippen molar-refractivity contribution < 1.29 is 24.2 Å². The van der Waals surface area contributed by atoms with E-state index in [0.29, 0.717) is 12.8 Å². The Morgan fingerprint density at radius 2 is 0.662 bits per heavy atom. The van der Waals surface area contributed by atoms with E-state index in [4.69, 9.17) is 9.47 Å². The molecule has 5 nitrogen and oxygen atoms in total. The molecule has 5 heteroatoms. The lowest BCUT2D eigenvalue weighted by Gasteiger charge is -2.15. The van der Waals surface area contributed by atoms with E-state index in [1.807, 2.05) is 0 Å². The fraction of sp³-hybridized carbons (Fsp3) is 0.733. The predicted octanol–water partition coefficient (Wildman–Crippen LogP) is 18.6. The third kappa shape index (κ3) is 53.6. The van der Waals surface area contributed by atoms with Crippen LogP contribution in [0, 0.1) is 0 Å². The molecule has 0 bridgehead atoms. The monoisotopic (exact) mass is 905 g/mol. The molecule has 0 amide bonds. The first kappa shape index (κ1) is 62.1. The topological polar surface area (TPSA) is 72.8 Å². The second kappa shape index (κ2) is 55.4. The van der Waals surface area contributed by atoms with Crippen LogP contribution in [-0.4, -0.2) is 36.4 Å². The highest BCUT2D eigenvalue weighted by molar-refractivity contribution is 5.70. The molecule has 0 fully saturated rings. The second-order valence-electron chi connectivity index (χ2n) is 18.3. The van der Waals surface area contributed by atoms with Crippen LogP contribution in [0.2, 0.25) is 0 Å². The number of hydrogen-bond acceptors (Lipinski definition) is 5. The summed E-state index contributed by atoms with van der Waals surface area (Å²) in [4.78, 5) is 24.5. The van der Waals surface area contributed by atoms with E-state index in [2.05, 4.69) is 98.9 Å². The summed E-state index contributed by atoms with van der Waals surface area (Å²) in [5.41, 5.74) is 0. The van der Waals surface area contributed by atoms with Crippen LogP contribution in [0.3, 0.4) is 0 Å². The van der Waals surface area contributed by atoms with E-state index in [9.17, 15) is 14.7 Å². The van der Waals surface area contributed by atoms with E-state index < -0.39 is 6.10 Å². The Bertz CT molecular complexity index is 1210. The molecule has 0 aliphatic rings. The van der Waals surface area contributed by atoms with Crippen molar-refractivity contribution in [2.24, 2.45) is 0 Å². The lowest BCUT2D eigenvalue weighted by atomic mass is 10.0. The normalized spacial score (nSPS) is 12.8. The van der Waals surface area contributed by atoms with Crippen LogP contribution in [0.25, 0.3) is 0 Å². The maximum atomic E-state index is 12.3. The molecule has 0 aromatic rings. The van der Waals surface area contributed by atoms with Crippen molar-refractivity contribution in [3.8, 4) is 0 Å². The highest BCUT2D eigenvalue weighted by atomic mass is 16.6. The highest BCUT2D eigenvalue weighted by Gasteiger charge is 2.16. The zero-order valence-corrected chi connectivity index (χ0v) is 42.7. The third-order valence-corrected chi connectivity index (χ3v) is 12.0.